The summed E-state index contributed by atoms with van der Waals surface area (Å²) < 4.78 is 14.9. The van der Waals surface area contributed by atoms with Crippen LogP contribution >= 0.6 is 0 Å². The van der Waals surface area contributed by atoms with Crippen LogP contribution in [-0.4, -0.2) is 19.1 Å². The molecule has 0 bridgehead atoms. The summed E-state index contributed by atoms with van der Waals surface area (Å²) in [6, 6.07) is 4.21. The average Bonchev–Trinajstić information content (AvgIpc) is 3.40. The quantitative estimate of drug-likeness (QED) is 0.651. The van der Waals surface area contributed by atoms with Crippen LogP contribution in [0.4, 0.5) is 15.8 Å². The SMILES string of the molecule is C=CC1=CN(C2CC2)c2cc(N(CCC)CCC)c(F)cc2C1=C. The largest absolute Gasteiger partial charge is 0.369 e. The van der Waals surface area contributed by atoms with Crippen LogP contribution in [0.25, 0.3) is 5.57 Å². The van der Waals surface area contributed by atoms with E-state index in [0.29, 0.717) is 11.7 Å². The van der Waals surface area contributed by atoms with E-state index in [0.717, 1.165) is 48.3 Å². The molecule has 3 heteroatoms. The highest BCUT2D eigenvalue weighted by Crippen LogP contribution is 2.44. The van der Waals surface area contributed by atoms with Gasteiger partial charge in [-0.05, 0) is 49.0 Å². The predicted molar refractivity (Wildman–Crippen MR) is 102 cm³/mol. The molecule has 128 valence electrons. The lowest BCUT2D eigenvalue weighted by Gasteiger charge is -2.33. The van der Waals surface area contributed by atoms with Crippen LogP contribution in [0.3, 0.4) is 0 Å². The summed E-state index contributed by atoms with van der Waals surface area (Å²) in [4.78, 5) is 4.45. The zero-order valence-corrected chi connectivity index (χ0v) is 14.8. The van der Waals surface area contributed by atoms with Gasteiger partial charge >= 0.3 is 0 Å². The zero-order valence-electron chi connectivity index (χ0n) is 14.8. The third-order valence-electron chi connectivity index (χ3n) is 4.78. The molecule has 0 amide bonds. The molecule has 3 rings (SSSR count). The molecule has 0 N–H and O–H groups in total. The molecule has 1 fully saturated rings. The van der Waals surface area contributed by atoms with Crippen molar-refractivity contribution in [2.75, 3.05) is 22.9 Å². The molecule has 1 saturated carbocycles. The van der Waals surface area contributed by atoms with Gasteiger partial charge in [-0.2, -0.15) is 0 Å². The van der Waals surface area contributed by atoms with Crippen molar-refractivity contribution in [1.82, 2.24) is 0 Å². The number of allylic oxidation sites excluding steroid dienone is 3. The minimum Gasteiger partial charge on any atom is -0.369 e. The van der Waals surface area contributed by atoms with Gasteiger partial charge < -0.3 is 9.80 Å². The molecule has 0 saturated heterocycles. The monoisotopic (exact) mass is 326 g/mol. The maximum absolute atomic E-state index is 14.9. The fourth-order valence-electron chi connectivity index (χ4n) is 3.42. The van der Waals surface area contributed by atoms with Gasteiger partial charge in [0.2, 0.25) is 0 Å². The van der Waals surface area contributed by atoms with Crippen molar-refractivity contribution in [2.24, 2.45) is 0 Å². The molecule has 0 atom stereocenters. The highest BCUT2D eigenvalue weighted by atomic mass is 19.1. The topological polar surface area (TPSA) is 6.48 Å². The number of halogens is 1. The number of anilines is 2. The van der Waals surface area contributed by atoms with Crippen LogP contribution in [0.5, 0.6) is 0 Å². The van der Waals surface area contributed by atoms with E-state index in [1.165, 1.54) is 12.8 Å². The van der Waals surface area contributed by atoms with Gasteiger partial charge in [0.25, 0.3) is 0 Å². The predicted octanol–water partition coefficient (Wildman–Crippen LogP) is 5.52. The summed E-state index contributed by atoms with van der Waals surface area (Å²) in [7, 11) is 0. The Balaban J connectivity index is 2.08. The number of fused-ring (bicyclic) bond motifs is 1. The average molecular weight is 326 g/mol. The van der Waals surface area contributed by atoms with Gasteiger partial charge in [-0.3, -0.25) is 0 Å². The van der Waals surface area contributed by atoms with Gasteiger partial charge in [0.05, 0.1) is 11.4 Å². The minimum atomic E-state index is -0.155. The molecule has 0 radical (unpaired) electrons. The molecule has 1 heterocycles. The molecule has 1 aliphatic heterocycles. The second-order valence-corrected chi connectivity index (χ2v) is 6.71. The van der Waals surface area contributed by atoms with Crippen molar-refractivity contribution in [1.29, 1.82) is 0 Å². The van der Waals surface area contributed by atoms with E-state index in [9.17, 15) is 4.39 Å². The van der Waals surface area contributed by atoms with E-state index in [2.05, 4.69) is 43.0 Å². The number of benzene rings is 1. The number of hydrogen-bond donors (Lipinski definition) is 0. The maximum Gasteiger partial charge on any atom is 0.147 e. The van der Waals surface area contributed by atoms with Gasteiger partial charge in [-0.1, -0.05) is 33.1 Å². The van der Waals surface area contributed by atoms with Crippen LogP contribution in [0.1, 0.15) is 45.1 Å². The van der Waals surface area contributed by atoms with E-state index >= 15 is 0 Å². The minimum absolute atomic E-state index is 0.155. The Kier molecular flexibility index (Phi) is 4.79. The van der Waals surface area contributed by atoms with Gasteiger partial charge in [-0.15, -0.1) is 0 Å². The lowest BCUT2D eigenvalue weighted by atomic mass is 9.93. The smallest absolute Gasteiger partial charge is 0.147 e. The third-order valence-corrected chi connectivity index (χ3v) is 4.78. The first kappa shape index (κ1) is 16.8. The molecule has 0 unspecified atom stereocenters. The van der Waals surface area contributed by atoms with Crippen molar-refractivity contribution in [2.45, 2.75) is 45.6 Å². The van der Waals surface area contributed by atoms with Crippen molar-refractivity contribution < 1.29 is 4.39 Å². The first-order chi connectivity index (χ1) is 11.6. The molecule has 0 aromatic heterocycles. The fourth-order valence-corrected chi connectivity index (χ4v) is 3.42. The van der Waals surface area contributed by atoms with Gasteiger partial charge in [0.15, 0.2) is 0 Å². The second kappa shape index (κ2) is 6.84. The first-order valence-electron chi connectivity index (χ1n) is 9.01. The fraction of sp³-hybridized carbons (Fsp3) is 0.429. The molecule has 1 aromatic rings. The van der Waals surface area contributed by atoms with E-state index in [1.54, 1.807) is 6.07 Å². The summed E-state index contributed by atoms with van der Waals surface area (Å²) >= 11 is 0. The van der Waals surface area contributed by atoms with Gasteiger partial charge in [-0.25, -0.2) is 4.39 Å². The summed E-state index contributed by atoms with van der Waals surface area (Å²) in [5.74, 6) is -0.155. The van der Waals surface area contributed by atoms with E-state index < -0.39 is 0 Å². The van der Waals surface area contributed by atoms with Crippen molar-refractivity contribution in [3.05, 3.63) is 54.5 Å². The molecule has 2 nitrogen and oxygen atoms in total. The van der Waals surface area contributed by atoms with Crippen molar-refractivity contribution in [3.8, 4) is 0 Å². The van der Waals surface area contributed by atoms with Gasteiger partial charge in [0, 0.05) is 30.9 Å². The molecule has 2 aliphatic rings. The number of hydrogen-bond acceptors (Lipinski definition) is 2. The molecular formula is C21H27FN2. The normalized spacial score (nSPS) is 16.7. The Labute approximate surface area is 145 Å². The molecule has 24 heavy (non-hydrogen) atoms. The van der Waals surface area contributed by atoms with Crippen LogP contribution in [0, 0.1) is 5.82 Å². The molecular weight excluding hydrogens is 299 g/mol. The van der Waals surface area contributed by atoms with Gasteiger partial charge in [0.1, 0.15) is 5.82 Å². The summed E-state index contributed by atoms with van der Waals surface area (Å²) in [5.41, 5.74) is 4.54. The Morgan fingerprint density at radius 2 is 1.92 bits per heavy atom. The lowest BCUT2D eigenvalue weighted by Crippen LogP contribution is -2.28. The highest BCUT2D eigenvalue weighted by molar-refractivity contribution is 5.92. The van der Waals surface area contributed by atoms with E-state index in [1.807, 2.05) is 12.1 Å². The van der Waals surface area contributed by atoms with Crippen molar-refractivity contribution >= 4 is 16.9 Å². The first-order valence-corrected chi connectivity index (χ1v) is 9.01. The zero-order chi connectivity index (χ0) is 17.3. The molecule has 1 aliphatic carbocycles. The summed E-state index contributed by atoms with van der Waals surface area (Å²) in [6.07, 6.45) is 8.33. The second-order valence-electron chi connectivity index (χ2n) is 6.71. The maximum atomic E-state index is 14.9. The number of nitrogens with zero attached hydrogens (tertiary/aromatic N) is 2. The molecule has 0 spiro atoms. The van der Waals surface area contributed by atoms with Crippen LogP contribution in [0.15, 0.2) is 43.1 Å². The van der Waals surface area contributed by atoms with Crippen molar-refractivity contribution in [3.63, 3.8) is 0 Å². The molecule has 1 aromatic carbocycles. The van der Waals surface area contributed by atoms with Crippen LogP contribution < -0.4 is 9.80 Å². The van der Waals surface area contributed by atoms with Crippen LogP contribution in [-0.2, 0) is 0 Å². The summed E-state index contributed by atoms with van der Waals surface area (Å²) in [6.45, 7) is 14.1. The highest BCUT2D eigenvalue weighted by Gasteiger charge is 2.33. The van der Waals surface area contributed by atoms with E-state index in [-0.39, 0.29) is 5.82 Å². The van der Waals surface area contributed by atoms with E-state index in [4.69, 9.17) is 0 Å². The Morgan fingerprint density at radius 3 is 2.46 bits per heavy atom. The van der Waals surface area contributed by atoms with Crippen LogP contribution in [0.2, 0.25) is 0 Å². The Morgan fingerprint density at radius 1 is 1.25 bits per heavy atom. The lowest BCUT2D eigenvalue weighted by molar-refractivity contribution is 0.612. The Bertz CT molecular complexity index is 679. The standard InChI is InChI=1S/C21H27FN2/c1-5-10-23(11-6-2)21-13-20-18(12-19(21)22)15(4)16(7-3)14-24(20)17-8-9-17/h7,12-14,17H,3-6,8-11H2,1-2H3. The number of rotatable bonds is 7. The summed E-state index contributed by atoms with van der Waals surface area (Å²) in [5, 5.41) is 0. The third kappa shape index (κ3) is 3.00. The Hall–Kier alpha value is -2.03.